The molecule has 0 amide bonds. The molecule has 0 N–H and O–H groups in total. The second-order valence-corrected chi connectivity index (χ2v) is 22.7. The van der Waals surface area contributed by atoms with Gasteiger partial charge in [-0.1, -0.05) is 35.0 Å². The minimum absolute atomic E-state index is 0. The Kier molecular flexibility index (Phi) is 663. The molecular formula is C20H55P6W4Y20-. The maximum absolute atomic E-state index is 4.32. The molecule has 5 atom stereocenters. The Morgan fingerprint density at radius 3 is 0.760 bits per heavy atom. The molecule has 5 unspecified atom stereocenters. The summed E-state index contributed by atoms with van der Waals surface area (Å²) >= 11 is 0. The third-order valence-electron chi connectivity index (χ3n) is 2.97. The van der Waals surface area contributed by atoms with Crippen LogP contribution in [0.15, 0.2) is 0 Å². The van der Waals surface area contributed by atoms with Crippen molar-refractivity contribution in [2.24, 2.45) is 0 Å². The van der Waals surface area contributed by atoms with Crippen LogP contribution in [-0.4, -0.2) is 94.5 Å². The van der Waals surface area contributed by atoms with E-state index in [-0.39, 0.29) is 791 Å². The number of hydrogen-bond acceptors (Lipinski definition) is 0. The van der Waals surface area contributed by atoms with Crippen LogP contribution in [0.2, 0.25) is 0 Å². The Morgan fingerprint density at radius 1 is 0.500 bits per heavy atom. The van der Waals surface area contributed by atoms with Gasteiger partial charge in [-0.15, -0.1) is 76.8 Å². The van der Waals surface area contributed by atoms with E-state index in [1.54, 1.807) is 0 Å². The molecule has 30 heteroatoms. The van der Waals surface area contributed by atoms with Crippen LogP contribution >= 0.6 is 45.3 Å². The molecule has 0 rings (SSSR count). The molecule has 0 aromatic carbocycles. The van der Waals surface area contributed by atoms with Gasteiger partial charge < -0.3 is 7.43 Å². The van der Waals surface area contributed by atoms with Crippen LogP contribution in [0.25, 0.3) is 0 Å². The Hall–Kier alpha value is 26.5. The van der Waals surface area contributed by atoms with Crippen molar-refractivity contribution in [1.82, 2.24) is 0 Å². The van der Waals surface area contributed by atoms with Crippen LogP contribution < -0.4 is 0 Å². The van der Waals surface area contributed by atoms with Crippen LogP contribution in [0.4, 0.5) is 0 Å². The van der Waals surface area contributed by atoms with Crippen molar-refractivity contribution in [2.45, 2.75) is 28.7 Å². The van der Waals surface area contributed by atoms with E-state index in [1.165, 1.54) is 38.2 Å². The molecule has 0 aliphatic rings. The standard InChI is InChI=1S/C9H23P3.C6H16P2.C2H5P.2CH4.CH3.4W.20Y/c1-7-12(5,6)9-11(4)8-10(2)3;1-5-8(4)6-7(2)3;1-3-2;;;;;;;;;;;;;;;;;;;;;;;;;;;/h10-11H,2,4-5,7-9H2,1,3,6H3;7-8H,2,4-6H2,1,3H3;1H2,2H3;2*1H4;1H3;;;;;;;;;;;;;;;;;;;;;;;;/q;;;;;-1;;;;;;;;;;;;;;;;;;;;;;;;. The van der Waals surface area contributed by atoms with Gasteiger partial charge in [0.1, 0.15) is 0 Å². The fraction of sp³-hybridized carbons (Fsp3) is 0.650. The maximum Gasteiger partial charge on any atom is 0 e. The fourth-order valence-corrected chi connectivity index (χ4v) is 16.2. The molecule has 0 aliphatic carbocycles. The minimum Gasteiger partial charge on any atom is -0.358 e. The predicted octanol–water partition coefficient (Wildman–Crippen LogP) is 7.47. The first kappa shape index (κ1) is 202. The Morgan fingerprint density at radius 2 is 0.660 bits per heavy atom. The molecule has 20 radical (unpaired) electrons. The Balaban J connectivity index is -0.00000000356. The smallest absolute Gasteiger partial charge is 0 e. The second kappa shape index (κ2) is 164. The van der Waals surface area contributed by atoms with Crippen molar-refractivity contribution in [1.29, 1.82) is 0 Å². The predicted molar refractivity (Wildman–Crippen MR) is 169 cm³/mol. The second-order valence-electron chi connectivity index (χ2n) is 6.53. The summed E-state index contributed by atoms with van der Waals surface area (Å²) in [5.41, 5.74) is 0. The average Bonchev–Trinajstić information content (AvgIpc) is 2.37. The molecule has 0 nitrogen and oxygen atoms in total. The maximum atomic E-state index is 4.32. The Labute approximate surface area is 884 Å². The first-order valence-electron chi connectivity index (χ1n) is 8.11. The molecule has 250 valence electrons. The van der Waals surface area contributed by atoms with Gasteiger partial charge in [-0.05, 0) is 56.7 Å². The van der Waals surface area contributed by atoms with Gasteiger partial charge in [0.2, 0.25) is 0 Å². The molecule has 50 heavy (non-hydrogen) atoms. The molecule has 0 saturated carbocycles. The zero-order valence-electron chi connectivity index (χ0n) is 30.9. The van der Waals surface area contributed by atoms with Crippen LogP contribution in [-0.2, 0) is 738 Å². The van der Waals surface area contributed by atoms with E-state index in [4.69, 9.17) is 0 Å². The third-order valence-corrected chi connectivity index (χ3v) is 19.2. The summed E-state index contributed by atoms with van der Waals surface area (Å²) in [6, 6.07) is 0. The van der Waals surface area contributed by atoms with Crippen molar-refractivity contribution in [3.63, 3.8) is 0 Å². The number of hydrogen-bond donors (Lipinski definition) is 0. The molecule has 0 fully saturated rings. The van der Waals surface area contributed by atoms with Crippen molar-refractivity contribution < 1.29 is 738 Å². The van der Waals surface area contributed by atoms with E-state index in [0.717, 1.165) is 0 Å². The van der Waals surface area contributed by atoms with E-state index in [2.05, 4.69) is 71.6 Å². The van der Waals surface area contributed by atoms with Gasteiger partial charge in [0.25, 0.3) is 0 Å². The van der Waals surface area contributed by atoms with Gasteiger partial charge in [0.15, 0.2) is 0 Å². The first-order valence-corrected chi connectivity index (χ1v) is 21.5. The molecular weight excluding hydrogens is 2940 g/mol. The fourth-order valence-electron chi connectivity index (χ4n) is 1.69. The van der Waals surface area contributed by atoms with Crippen LogP contribution in [0.1, 0.15) is 28.7 Å². The molecule has 0 aromatic rings. The summed E-state index contributed by atoms with van der Waals surface area (Å²) in [6.07, 6.45) is 26.9. The quantitative estimate of drug-likeness (QED) is 0.175. The molecule has 0 spiro atoms. The van der Waals surface area contributed by atoms with Crippen LogP contribution in [0.3, 0.4) is 0 Å². The van der Waals surface area contributed by atoms with Crippen LogP contribution in [0.5, 0.6) is 0 Å². The van der Waals surface area contributed by atoms with Gasteiger partial charge >= 0.3 is 0 Å². The van der Waals surface area contributed by atoms with E-state index >= 15 is 0 Å². The van der Waals surface area contributed by atoms with Crippen LogP contribution in [0, 0.1) is 7.43 Å². The summed E-state index contributed by atoms with van der Waals surface area (Å²) in [5.74, 6) is 4.07. The Bertz CT molecular complexity index is 515. The number of rotatable bonds is 8. The van der Waals surface area contributed by atoms with Gasteiger partial charge in [-0.3, -0.25) is 0 Å². The normalized spacial score (nSPS) is 8.36. The summed E-state index contributed by atoms with van der Waals surface area (Å²) in [5, 5.41) is 0. The molecule has 0 aromatic heterocycles. The third kappa shape index (κ3) is 203. The van der Waals surface area contributed by atoms with E-state index in [1.807, 2.05) is 6.66 Å². The van der Waals surface area contributed by atoms with E-state index < -0.39 is 6.89 Å². The SMILES string of the molecule is C.C.C=PC.C=[PH](C)C[PH](=C)CC.C=[PH](C)C[PH](=C)CP(=C)(C)CC.[CH3-].[W].[W].[W].[W].[Y].[Y].[Y].[Y].[Y].[Y].[Y].[Y].[Y].[Y].[Y].[Y].[Y].[Y].[Y].[Y].[Y].[Y].[Y].[Y]. The van der Waals surface area contributed by atoms with Crippen molar-refractivity contribution in [3.8, 4) is 0 Å². The van der Waals surface area contributed by atoms with E-state index in [9.17, 15) is 0 Å². The van der Waals surface area contributed by atoms with Crippen molar-refractivity contribution in [3.05, 3.63) is 7.43 Å². The van der Waals surface area contributed by atoms with Gasteiger partial charge in [-0.2, -0.15) is 0 Å². The average molecular weight is 2990 g/mol. The molecule has 0 bridgehead atoms. The van der Waals surface area contributed by atoms with Gasteiger partial charge in [-0.25, -0.2) is 0 Å². The molecule has 0 saturated heterocycles. The van der Waals surface area contributed by atoms with Crippen molar-refractivity contribution in [2.75, 3.05) is 56.7 Å². The first-order chi connectivity index (χ1) is 10.4. The van der Waals surface area contributed by atoms with Gasteiger partial charge in [0.05, 0.1) is 0 Å². The largest absolute Gasteiger partial charge is 0.358 e. The van der Waals surface area contributed by atoms with E-state index in [0.29, 0.717) is 0 Å². The topological polar surface area (TPSA) is 0 Å². The zero-order valence-corrected chi connectivity index (χ0v) is 105. The monoisotopic (exact) mass is 3000 g/mol. The molecule has 0 heterocycles. The summed E-state index contributed by atoms with van der Waals surface area (Å²) in [4.78, 5) is 0. The van der Waals surface area contributed by atoms with Gasteiger partial charge in [0, 0.05) is 738 Å². The minimum atomic E-state index is -0.814. The summed E-state index contributed by atoms with van der Waals surface area (Å²) in [6.45, 7) is 12.6. The van der Waals surface area contributed by atoms with Crippen molar-refractivity contribution >= 4 is 83.1 Å². The zero-order chi connectivity index (χ0) is 19.1. The summed E-state index contributed by atoms with van der Waals surface area (Å²) < 4.78 is 0. The summed E-state index contributed by atoms with van der Waals surface area (Å²) in [7, 11) is 0.129. The molecule has 0 aliphatic heterocycles.